The fourth-order valence-electron chi connectivity index (χ4n) is 3.60. The number of halogens is 2. The molecule has 0 saturated carbocycles. The minimum atomic E-state index is -3.04. The summed E-state index contributed by atoms with van der Waals surface area (Å²) < 4.78 is 30.1. The lowest BCUT2D eigenvalue weighted by Gasteiger charge is -2.18. The second-order valence-corrected chi connectivity index (χ2v) is 9.15. The van der Waals surface area contributed by atoms with E-state index in [2.05, 4.69) is 36.8 Å². The van der Waals surface area contributed by atoms with Gasteiger partial charge in [0.1, 0.15) is 5.82 Å². The van der Waals surface area contributed by atoms with Crippen molar-refractivity contribution >= 4 is 0 Å². The van der Waals surface area contributed by atoms with Crippen LogP contribution in [-0.2, 0) is 24.3 Å². The Balaban J connectivity index is 1.52. The van der Waals surface area contributed by atoms with Crippen LogP contribution in [0.15, 0.2) is 48.5 Å². The SMILES string of the molecule is CCC(F)(F)c1nc(C(C)(C)C)n(Cc2ccc(Cc3cccc(-c4nn[nH]n4)c3)cc2)n1. The lowest BCUT2D eigenvalue weighted by molar-refractivity contribution is -0.0177. The maximum absolute atomic E-state index is 14.2. The molecule has 4 aromatic rings. The molecule has 0 spiro atoms. The maximum Gasteiger partial charge on any atom is 0.308 e. The largest absolute Gasteiger partial charge is 0.308 e. The number of hydrogen-bond acceptors (Lipinski definition) is 5. The van der Waals surface area contributed by atoms with Crippen LogP contribution in [0.4, 0.5) is 8.78 Å². The smallest absolute Gasteiger partial charge is 0.245 e. The van der Waals surface area contributed by atoms with Gasteiger partial charge in [0.15, 0.2) is 0 Å². The Kier molecular flexibility index (Phi) is 6.05. The Morgan fingerprint density at radius 3 is 2.33 bits per heavy atom. The van der Waals surface area contributed by atoms with Gasteiger partial charge in [0, 0.05) is 17.4 Å². The Bertz CT molecular complexity index is 1210. The van der Waals surface area contributed by atoms with Crippen molar-refractivity contribution in [3.05, 3.63) is 76.9 Å². The average molecular weight is 452 g/mol. The van der Waals surface area contributed by atoms with Gasteiger partial charge in [0.2, 0.25) is 11.6 Å². The van der Waals surface area contributed by atoms with Crippen LogP contribution >= 0.6 is 0 Å². The summed E-state index contributed by atoms with van der Waals surface area (Å²) in [5.74, 6) is -2.34. The van der Waals surface area contributed by atoms with E-state index in [1.165, 1.54) is 6.92 Å². The first-order valence-electron chi connectivity index (χ1n) is 10.9. The van der Waals surface area contributed by atoms with E-state index in [1.54, 1.807) is 4.68 Å². The molecule has 4 rings (SSSR count). The molecule has 2 aromatic heterocycles. The van der Waals surface area contributed by atoms with E-state index in [0.717, 1.165) is 28.7 Å². The molecule has 1 N–H and O–H groups in total. The Labute approximate surface area is 191 Å². The number of nitrogens with zero attached hydrogens (tertiary/aromatic N) is 6. The topological polar surface area (TPSA) is 85.2 Å². The van der Waals surface area contributed by atoms with Crippen molar-refractivity contribution in [2.45, 2.75) is 58.4 Å². The molecule has 0 atom stereocenters. The molecular weight excluding hydrogens is 424 g/mol. The maximum atomic E-state index is 14.2. The van der Waals surface area contributed by atoms with Crippen LogP contribution < -0.4 is 0 Å². The van der Waals surface area contributed by atoms with Gasteiger partial charge in [-0.1, -0.05) is 70.2 Å². The monoisotopic (exact) mass is 451 g/mol. The van der Waals surface area contributed by atoms with Crippen molar-refractivity contribution in [3.8, 4) is 11.4 Å². The molecule has 7 nitrogen and oxygen atoms in total. The highest BCUT2D eigenvalue weighted by Gasteiger charge is 2.36. The summed E-state index contributed by atoms with van der Waals surface area (Å²) in [5, 5.41) is 18.3. The summed E-state index contributed by atoms with van der Waals surface area (Å²) in [7, 11) is 0. The van der Waals surface area contributed by atoms with E-state index < -0.39 is 17.2 Å². The molecule has 0 saturated heterocycles. The van der Waals surface area contributed by atoms with E-state index >= 15 is 0 Å². The molecule has 0 bridgehead atoms. The van der Waals surface area contributed by atoms with Gasteiger partial charge in [-0.3, -0.25) is 0 Å². The Hall–Kier alpha value is -3.49. The van der Waals surface area contributed by atoms with Crippen LogP contribution in [0.3, 0.4) is 0 Å². The summed E-state index contributed by atoms with van der Waals surface area (Å²) in [6, 6.07) is 16.1. The van der Waals surface area contributed by atoms with Crippen molar-refractivity contribution in [2.24, 2.45) is 0 Å². The highest BCUT2D eigenvalue weighted by Crippen LogP contribution is 2.31. The number of tetrazole rings is 1. The van der Waals surface area contributed by atoms with Crippen LogP contribution in [0.2, 0.25) is 0 Å². The van der Waals surface area contributed by atoms with Crippen molar-refractivity contribution in [1.29, 1.82) is 0 Å². The Morgan fingerprint density at radius 1 is 0.970 bits per heavy atom. The molecule has 0 radical (unpaired) electrons. The first-order valence-corrected chi connectivity index (χ1v) is 10.9. The molecule has 0 unspecified atom stereocenters. The zero-order valence-corrected chi connectivity index (χ0v) is 19.2. The summed E-state index contributed by atoms with van der Waals surface area (Å²) >= 11 is 0. The molecule has 0 aliphatic rings. The van der Waals surface area contributed by atoms with Gasteiger partial charge in [-0.15, -0.1) is 15.3 Å². The minimum Gasteiger partial charge on any atom is -0.245 e. The summed E-state index contributed by atoms with van der Waals surface area (Å²) in [6.07, 6.45) is 0.415. The van der Waals surface area contributed by atoms with Gasteiger partial charge in [0.25, 0.3) is 0 Å². The number of nitrogens with one attached hydrogen (secondary N) is 1. The first-order chi connectivity index (χ1) is 15.7. The van der Waals surface area contributed by atoms with E-state index in [0.29, 0.717) is 18.2 Å². The van der Waals surface area contributed by atoms with Crippen molar-refractivity contribution < 1.29 is 8.78 Å². The first kappa shape index (κ1) is 22.7. The van der Waals surface area contributed by atoms with Gasteiger partial charge < -0.3 is 0 Å². The standard InChI is InChI=1S/C24H27F2N7/c1-5-24(25,26)21-27-22(23(2,3)4)33(30-21)15-17-11-9-16(10-12-17)13-18-7-6-8-19(14-18)20-28-31-32-29-20/h6-12,14H,5,13,15H2,1-4H3,(H,28,29,31,32). The predicted molar refractivity (Wildman–Crippen MR) is 121 cm³/mol. The Morgan fingerprint density at radius 2 is 1.70 bits per heavy atom. The van der Waals surface area contributed by atoms with Gasteiger partial charge in [-0.25, -0.2) is 9.67 Å². The molecule has 0 aliphatic heterocycles. The zero-order valence-electron chi connectivity index (χ0n) is 19.2. The lowest BCUT2D eigenvalue weighted by Crippen LogP contribution is -2.20. The minimum absolute atomic E-state index is 0.330. The molecule has 0 fully saturated rings. The predicted octanol–water partition coefficient (Wildman–Crippen LogP) is 4.90. The second-order valence-electron chi connectivity index (χ2n) is 9.15. The second kappa shape index (κ2) is 8.80. The third kappa shape index (κ3) is 5.13. The summed E-state index contributed by atoms with van der Waals surface area (Å²) in [5.41, 5.74) is 3.73. The van der Waals surface area contributed by atoms with Crippen LogP contribution in [0.1, 0.15) is 62.5 Å². The van der Waals surface area contributed by atoms with Gasteiger partial charge in [0.05, 0.1) is 6.54 Å². The van der Waals surface area contributed by atoms with E-state index in [4.69, 9.17) is 0 Å². The third-order valence-corrected chi connectivity index (χ3v) is 5.41. The lowest BCUT2D eigenvalue weighted by atomic mass is 9.95. The zero-order chi connectivity index (χ0) is 23.6. The number of aromatic amines is 1. The van der Waals surface area contributed by atoms with Crippen LogP contribution in [0.5, 0.6) is 0 Å². The average Bonchev–Trinajstić information content (AvgIpc) is 3.46. The fourth-order valence-corrected chi connectivity index (χ4v) is 3.60. The molecule has 0 aliphatic carbocycles. The highest BCUT2D eigenvalue weighted by atomic mass is 19.3. The van der Waals surface area contributed by atoms with Crippen molar-refractivity contribution in [3.63, 3.8) is 0 Å². The molecule has 2 aromatic carbocycles. The normalized spacial score (nSPS) is 12.3. The molecule has 33 heavy (non-hydrogen) atoms. The number of aromatic nitrogens is 7. The molecule has 172 valence electrons. The fraction of sp³-hybridized carbons (Fsp3) is 0.375. The van der Waals surface area contributed by atoms with Crippen LogP contribution in [0.25, 0.3) is 11.4 Å². The van der Waals surface area contributed by atoms with Crippen molar-refractivity contribution in [2.75, 3.05) is 0 Å². The van der Waals surface area contributed by atoms with Crippen LogP contribution in [-0.4, -0.2) is 35.4 Å². The highest BCUT2D eigenvalue weighted by molar-refractivity contribution is 5.55. The molecule has 0 amide bonds. The molecular formula is C24H27F2N7. The number of alkyl halides is 2. The summed E-state index contributed by atoms with van der Waals surface area (Å²) in [6.45, 7) is 7.68. The number of hydrogen-bond donors (Lipinski definition) is 1. The molecule has 2 heterocycles. The van der Waals surface area contributed by atoms with Crippen LogP contribution in [0, 0.1) is 0 Å². The number of H-pyrrole nitrogens is 1. The third-order valence-electron chi connectivity index (χ3n) is 5.41. The van der Waals surface area contributed by atoms with Gasteiger partial charge in [-0.05, 0) is 34.4 Å². The van der Waals surface area contributed by atoms with Gasteiger partial charge >= 0.3 is 5.92 Å². The van der Waals surface area contributed by atoms with E-state index in [9.17, 15) is 8.78 Å². The van der Waals surface area contributed by atoms with Gasteiger partial charge in [-0.2, -0.15) is 14.0 Å². The number of benzene rings is 2. The van der Waals surface area contributed by atoms with Crippen molar-refractivity contribution in [1.82, 2.24) is 35.4 Å². The molecule has 9 heteroatoms. The van der Waals surface area contributed by atoms with E-state index in [-0.39, 0.29) is 6.42 Å². The quantitative estimate of drug-likeness (QED) is 0.432. The summed E-state index contributed by atoms with van der Waals surface area (Å²) in [4.78, 5) is 4.21. The van der Waals surface area contributed by atoms with E-state index in [1.807, 2.05) is 63.2 Å². The number of rotatable bonds is 7.